The Labute approximate surface area is 116 Å². The third-order valence-corrected chi connectivity index (χ3v) is 4.43. The monoisotopic (exact) mass is 272 g/mol. The molecule has 18 heavy (non-hydrogen) atoms. The maximum atomic E-state index is 12.4. The predicted octanol–water partition coefficient (Wildman–Crippen LogP) is 2.22. The number of hydrogen-bond donors (Lipinski definition) is 1. The molecule has 106 valence electrons. The van der Waals surface area contributed by atoms with E-state index in [1.165, 1.54) is 12.8 Å². The van der Waals surface area contributed by atoms with Crippen molar-refractivity contribution in [1.82, 2.24) is 10.2 Å². The molecule has 2 atom stereocenters. The number of thioether (sulfide) groups is 1. The van der Waals surface area contributed by atoms with E-state index >= 15 is 0 Å². The first kappa shape index (κ1) is 15.8. The first-order valence-electron chi connectivity index (χ1n) is 7.06. The molecule has 4 heteroatoms. The summed E-state index contributed by atoms with van der Waals surface area (Å²) in [4.78, 5) is 14.5. The maximum Gasteiger partial charge on any atom is 0.226 e. The third-order valence-electron chi connectivity index (χ3n) is 3.60. The fourth-order valence-corrected chi connectivity index (χ4v) is 3.16. The molecule has 0 aromatic carbocycles. The van der Waals surface area contributed by atoms with Crippen LogP contribution in [0, 0.1) is 11.8 Å². The molecule has 0 spiro atoms. The lowest BCUT2D eigenvalue weighted by Gasteiger charge is -2.34. The van der Waals surface area contributed by atoms with E-state index in [9.17, 15) is 4.79 Å². The Kier molecular flexibility index (Phi) is 7.08. The molecule has 1 fully saturated rings. The highest BCUT2D eigenvalue weighted by Gasteiger charge is 2.25. The largest absolute Gasteiger partial charge is 0.340 e. The molecule has 0 saturated carbocycles. The van der Waals surface area contributed by atoms with Crippen LogP contribution in [0.3, 0.4) is 0 Å². The smallest absolute Gasteiger partial charge is 0.226 e. The summed E-state index contributed by atoms with van der Waals surface area (Å²) in [6, 6.07) is 0.309. The maximum absolute atomic E-state index is 12.4. The van der Waals surface area contributed by atoms with Crippen molar-refractivity contribution in [2.75, 3.05) is 31.6 Å². The van der Waals surface area contributed by atoms with Gasteiger partial charge in [-0.05, 0) is 52.0 Å². The molecule has 1 rings (SSSR count). The molecule has 1 heterocycles. The highest BCUT2D eigenvalue weighted by atomic mass is 32.2. The van der Waals surface area contributed by atoms with Gasteiger partial charge in [0.2, 0.25) is 5.91 Å². The van der Waals surface area contributed by atoms with Gasteiger partial charge in [-0.1, -0.05) is 6.92 Å². The van der Waals surface area contributed by atoms with Crippen molar-refractivity contribution in [2.45, 2.75) is 39.7 Å². The van der Waals surface area contributed by atoms with Crippen molar-refractivity contribution in [3.8, 4) is 0 Å². The molecule has 3 nitrogen and oxygen atoms in total. The Morgan fingerprint density at radius 3 is 2.67 bits per heavy atom. The van der Waals surface area contributed by atoms with Crippen molar-refractivity contribution in [2.24, 2.45) is 11.8 Å². The summed E-state index contributed by atoms with van der Waals surface area (Å²) >= 11 is 1.75. The van der Waals surface area contributed by atoms with Crippen molar-refractivity contribution < 1.29 is 4.79 Å². The Morgan fingerprint density at radius 1 is 1.44 bits per heavy atom. The minimum absolute atomic E-state index is 0.138. The number of nitrogens with one attached hydrogen (secondary N) is 1. The predicted molar refractivity (Wildman–Crippen MR) is 80.0 cm³/mol. The van der Waals surface area contributed by atoms with Crippen LogP contribution in [-0.2, 0) is 4.79 Å². The van der Waals surface area contributed by atoms with E-state index < -0.39 is 0 Å². The number of rotatable bonds is 6. The van der Waals surface area contributed by atoms with Crippen molar-refractivity contribution in [1.29, 1.82) is 0 Å². The fraction of sp³-hybridized carbons (Fsp3) is 0.929. The van der Waals surface area contributed by atoms with Gasteiger partial charge in [-0.3, -0.25) is 4.79 Å². The number of nitrogens with zero attached hydrogens (tertiary/aromatic N) is 1. The Bertz CT molecular complexity index is 252. The second-order valence-electron chi connectivity index (χ2n) is 5.65. The van der Waals surface area contributed by atoms with E-state index in [0.717, 1.165) is 25.4 Å². The SMILES string of the molecule is CSCC(C)C(=O)N(CC1CCCNC1)C(C)C. The highest BCUT2D eigenvalue weighted by molar-refractivity contribution is 7.98. The first-order chi connectivity index (χ1) is 8.56. The molecule has 1 N–H and O–H groups in total. The standard InChI is InChI=1S/C14H28N2OS/c1-11(2)16(14(17)12(3)10-18-4)9-13-6-5-7-15-8-13/h11-13,15H,5-10H2,1-4H3. The van der Waals surface area contributed by atoms with Gasteiger partial charge >= 0.3 is 0 Å². The van der Waals surface area contributed by atoms with Crippen LogP contribution in [0.4, 0.5) is 0 Å². The summed E-state index contributed by atoms with van der Waals surface area (Å²) in [6.45, 7) is 9.41. The number of carbonyl (C=O) groups is 1. The van der Waals surface area contributed by atoms with Crippen molar-refractivity contribution >= 4 is 17.7 Å². The fourth-order valence-electron chi connectivity index (χ4n) is 2.52. The quantitative estimate of drug-likeness (QED) is 0.805. The molecule has 0 aromatic rings. The second kappa shape index (κ2) is 8.05. The number of amides is 1. The van der Waals surface area contributed by atoms with Gasteiger partial charge < -0.3 is 10.2 Å². The van der Waals surface area contributed by atoms with Gasteiger partial charge in [0.1, 0.15) is 0 Å². The molecular formula is C14H28N2OS. The number of carbonyl (C=O) groups excluding carboxylic acids is 1. The van der Waals surface area contributed by atoms with Crippen LogP contribution >= 0.6 is 11.8 Å². The number of piperidine rings is 1. The molecule has 0 radical (unpaired) electrons. The average Bonchev–Trinajstić information content (AvgIpc) is 2.36. The number of hydrogen-bond acceptors (Lipinski definition) is 3. The lowest BCUT2D eigenvalue weighted by Crippen LogP contribution is -2.46. The highest BCUT2D eigenvalue weighted by Crippen LogP contribution is 2.17. The van der Waals surface area contributed by atoms with E-state index in [-0.39, 0.29) is 5.92 Å². The lowest BCUT2D eigenvalue weighted by molar-refractivity contribution is -0.136. The van der Waals surface area contributed by atoms with Gasteiger partial charge in [-0.2, -0.15) is 11.8 Å². The van der Waals surface area contributed by atoms with Crippen LogP contribution < -0.4 is 5.32 Å². The van der Waals surface area contributed by atoms with Crippen LogP contribution in [-0.4, -0.2) is 48.5 Å². The Hall–Kier alpha value is -0.220. The molecule has 0 aromatic heterocycles. The molecule has 2 unspecified atom stereocenters. The molecule has 0 bridgehead atoms. The van der Waals surface area contributed by atoms with Gasteiger partial charge in [0.25, 0.3) is 0 Å². The zero-order chi connectivity index (χ0) is 13.5. The van der Waals surface area contributed by atoms with Crippen LogP contribution in [0.25, 0.3) is 0 Å². The summed E-state index contributed by atoms with van der Waals surface area (Å²) in [5.41, 5.74) is 0. The van der Waals surface area contributed by atoms with Gasteiger partial charge in [0.15, 0.2) is 0 Å². The molecular weight excluding hydrogens is 244 g/mol. The zero-order valence-corrected chi connectivity index (χ0v) is 13.1. The van der Waals surface area contributed by atoms with E-state index in [1.54, 1.807) is 11.8 Å². The Morgan fingerprint density at radius 2 is 2.17 bits per heavy atom. The van der Waals surface area contributed by atoms with Crippen LogP contribution in [0.5, 0.6) is 0 Å². The summed E-state index contributed by atoms with van der Waals surface area (Å²) in [5, 5.41) is 3.43. The van der Waals surface area contributed by atoms with Crippen molar-refractivity contribution in [3.05, 3.63) is 0 Å². The lowest BCUT2D eigenvalue weighted by atomic mass is 9.98. The summed E-state index contributed by atoms with van der Waals surface area (Å²) in [6.07, 6.45) is 4.56. The second-order valence-corrected chi connectivity index (χ2v) is 6.56. The topological polar surface area (TPSA) is 32.3 Å². The minimum Gasteiger partial charge on any atom is -0.340 e. The summed E-state index contributed by atoms with van der Waals surface area (Å²) < 4.78 is 0. The Balaban J connectivity index is 2.55. The van der Waals surface area contributed by atoms with E-state index in [1.807, 2.05) is 6.92 Å². The van der Waals surface area contributed by atoms with Gasteiger partial charge in [0.05, 0.1) is 0 Å². The molecule has 1 aliphatic rings. The van der Waals surface area contributed by atoms with Crippen LogP contribution in [0.1, 0.15) is 33.6 Å². The summed E-state index contributed by atoms with van der Waals surface area (Å²) in [7, 11) is 0. The van der Waals surface area contributed by atoms with E-state index in [2.05, 4.69) is 30.3 Å². The minimum atomic E-state index is 0.138. The van der Waals surface area contributed by atoms with Gasteiger partial charge in [0, 0.05) is 24.3 Å². The van der Waals surface area contributed by atoms with Crippen LogP contribution in [0.15, 0.2) is 0 Å². The molecule has 0 aliphatic carbocycles. The normalized spacial score (nSPS) is 21.9. The molecule has 1 saturated heterocycles. The molecule has 1 amide bonds. The van der Waals surface area contributed by atoms with Crippen molar-refractivity contribution in [3.63, 3.8) is 0 Å². The third kappa shape index (κ3) is 4.81. The average molecular weight is 272 g/mol. The van der Waals surface area contributed by atoms with E-state index in [0.29, 0.717) is 17.9 Å². The zero-order valence-electron chi connectivity index (χ0n) is 12.2. The summed E-state index contributed by atoms with van der Waals surface area (Å²) in [5.74, 6) is 2.01. The molecule has 1 aliphatic heterocycles. The van der Waals surface area contributed by atoms with Gasteiger partial charge in [-0.15, -0.1) is 0 Å². The van der Waals surface area contributed by atoms with Crippen LogP contribution in [0.2, 0.25) is 0 Å². The first-order valence-corrected chi connectivity index (χ1v) is 8.45. The van der Waals surface area contributed by atoms with Gasteiger partial charge in [-0.25, -0.2) is 0 Å². The van der Waals surface area contributed by atoms with E-state index in [4.69, 9.17) is 0 Å².